The molecule has 7 heteroatoms. The van der Waals surface area contributed by atoms with Gasteiger partial charge in [-0.25, -0.2) is 5.10 Å². The quantitative estimate of drug-likeness (QED) is 0.873. The average Bonchev–Trinajstić information content (AvgIpc) is 2.55. The van der Waals surface area contributed by atoms with E-state index in [9.17, 15) is 4.79 Å². The Hall–Kier alpha value is -0.620. The highest BCUT2D eigenvalue weighted by Crippen LogP contribution is 2.20. The SMILES string of the molecule is CC(C)N1CCN(CCc2n[nH]c(=O)c3c2CCCC3)CC1.Cl.Cl. The summed E-state index contributed by atoms with van der Waals surface area (Å²) in [6.45, 7) is 10.2. The van der Waals surface area contributed by atoms with Gasteiger partial charge in [-0.2, -0.15) is 5.10 Å². The molecule has 1 N–H and O–H groups in total. The molecule has 138 valence electrons. The first-order valence-electron chi connectivity index (χ1n) is 8.71. The van der Waals surface area contributed by atoms with Crippen molar-refractivity contribution in [3.8, 4) is 0 Å². The predicted octanol–water partition coefficient (Wildman–Crippen LogP) is 2.06. The van der Waals surface area contributed by atoms with Crippen LogP contribution in [0.2, 0.25) is 0 Å². The molecular weight excluding hydrogens is 347 g/mol. The maximum absolute atomic E-state index is 11.9. The number of piperazine rings is 1. The van der Waals surface area contributed by atoms with Crippen LogP contribution in [0.25, 0.3) is 0 Å². The largest absolute Gasteiger partial charge is 0.300 e. The van der Waals surface area contributed by atoms with Crippen LogP contribution in [0.15, 0.2) is 4.79 Å². The molecule has 1 aliphatic heterocycles. The highest BCUT2D eigenvalue weighted by molar-refractivity contribution is 5.85. The predicted molar refractivity (Wildman–Crippen MR) is 103 cm³/mol. The number of hydrogen-bond acceptors (Lipinski definition) is 4. The Balaban J connectivity index is 0.00000144. The third kappa shape index (κ3) is 4.94. The minimum atomic E-state index is 0. The van der Waals surface area contributed by atoms with Crippen LogP contribution in [-0.2, 0) is 19.3 Å². The summed E-state index contributed by atoms with van der Waals surface area (Å²) in [7, 11) is 0. The molecule has 1 saturated heterocycles. The van der Waals surface area contributed by atoms with Crippen LogP contribution in [0.3, 0.4) is 0 Å². The van der Waals surface area contributed by atoms with Crippen LogP contribution in [0.1, 0.15) is 43.5 Å². The first kappa shape index (κ1) is 21.4. The summed E-state index contributed by atoms with van der Waals surface area (Å²) in [4.78, 5) is 17.0. The molecule has 0 radical (unpaired) electrons. The second kappa shape index (κ2) is 9.76. The van der Waals surface area contributed by atoms with Crippen molar-refractivity contribution in [2.24, 2.45) is 0 Å². The first-order chi connectivity index (χ1) is 10.6. The van der Waals surface area contributed by atoms with Crippen LogP contribution >= 0.6 is 24.8 Å². The zero-order chi connectivity index (χ0) is 15.5. The maximum atomic E-state index is 11.9. The molecule has 3 rings (SSSR count). The topological polar surface area (TPSA) is 52.2 Å². The lowest BCUT2D eigenvalue weighted by molar-refractivity contribution is 0.109. The number of halogens is 2. The molecule has 1 aromatic rings. The fraction of sp³-hybridized carbons (Fsp3) is 0.765. The van der Waals surface area contributed by atoms with Gasteiger partial charge in [0, 0.05) is 50.7 Å². The number of nitrogens with zero attached hydrogens (tertiary/aromatic N) is 3. The maximum Gasteiger partial charge on any atom is 0.267 e. The Bertz CT molecular complexity index is 568. The van der Waals surface area contributed by atoms with Crippen molar-refractivity contribution < 1.29 is 0 Å². The van der Waals surface area contributed by atoms with Gasteiger partial charge >= 0.3 is 0 Å². The molecule has 24 heavy (non-hydrogen) atoms. The van der Waals surface area contributed by atoms with E-state index in [0.717, 1.165) is 69.7 Å². The molecule has 0 amide bonds. The molecule has 0 bridgehead atoms. The molecule has 0 spiro atoms. The van der Waals surface area contributed by atoms with Crippen LogP contribution < -0.4 is 5.56 Å². The molecule has 5 nitrogen and oxygen atoms in total. The number of nitrogens with one attached hydrogen (secondary N) is 1. The van der Waals surface area contributed by atoms with Gasteiger partial charge in [0.25, 0.3) is 5.56 Å². The Labute approximate surface area is 157 Å². The number of aromatic amines is 1. The van der Waals surface area contributed by atoms with Crippen molar-refractivity contribution in [1.29, 1.82) is 0 Å². The summed E-state index contributed by atoms with van der Waals surface area (Å²) in [6, 6.07) is 0.648. The number of aromatic nitrogens is 2. The lowest BCUT2D eigenvalue weighted by Gasteiger charge is -2.37. The third-order valence-electron chi connectivity index (χ3n) is 5.18. The van der Waals surface area contributed by atoms with Crippen molar-refractivity contribution in [3.63, 3.8) is 0 Å². The number of rotatable bonds is 4. The van der Waals surface area contributed by atoms with E-state index in [0.29, 0.717) is 6.04 Å². The summed E-state index contributed by atoms with van der Waals surface area (Å²) in [5.74, 6) is 0. The van der Waals surface area contributed by atoms with E-state index >= 15 is 0 Å². The smallest absolute Gasteiger partial charge is 0.267 e. The van der Waals surface area contributed by atoms with E-state index in [-0.39, 0.29) is 30.4 Å². The average molecular weight is 377 g/mol. The van der Waals surface area contributed by atoms with E-state index in [4.69, 9.17) is 0 Å². The van der Waals surface area contributed by atoms with Gasteiger partial charge in [-0.05, 0) is 45.1 Å². The van der Waals surface area contributed by atoms with E-state index in [1.165, 1.54) is 12.0 Å². The molecular formula is C17H30Cl2N4O. The fourth-order valence-corrected chi connectivity index (χ4v) is 3.70. The monoisotopic (exact) mass is 376 g/mol. The van der Waals surface area contributed by atoms with Gasteiger partial charge in [-0.1, -0.05) is 0 Å². The molecule has 0 saturated carbocycles. The summed E-state index contributed by atoms with van der Waals surface area (Å²) in [5.41, 5.74) is 3.40. The van der Waals surface area contributed by atoms with Crippen LogP contribution in [-0.4, -0.2) is 58.8 Å². The Kier molecular flexibility index (Phi) is 8.71. The zero-order valence-electron chi connectivity index (χ0n) is 14.7. The first-order valence-corrected chi connectivity index (χ1v) is 8.71. The minimum Gasteiger partial charge on any atom is -0.300 e. The van der Waals surface area contributed by atoms with Crippen LogP contribution in [0.5, 0.6) is 0 Å². The molecule has 1 fully saturated rings. The van der Waals surface area contributed by atoms with E-state index in [2.05, 4.69) is 33.8 Å². The van der Waals surface area contributed by atoms with E-state index < -0.39 is 0 Å². The molecule has 0 atom stereocenters. The van der Waals surface area contributed by atoms with Gasteiger partial charge in [-0.3, -0.25) is 9.69 Å². The number of H-pyrrole nitrogens is 1. The molecule has 2 heterocycles. The summed E-state index contributed by atoms with van der Waals surface area (Å²) in [5, 5.41) is 7.05. The molecule has 0 unspecified atom stereocenters. The van der Waals surface area contributed by atoms with Crippen LogP contribution in [0, 0.1) is 0 Å². The van der Waals surface area contributed by atoms with Crippen molar-refractivity contribution in [2.45, 2.75) is 52.0 Å². The van der Waals surface area contributed by atoms with E-state index in [1.807, 2.05) is 0 Å². The second-order valence-corrected chi connectivity index (χ2v) is 6.88. The highest BCUT2D eigenvalue weighted by atomic mass is 35.5. The summed E-state index contributed by atoms with van der Waals surface area (Å²) >= 11 is 0. The van der Waals surface area contributed by atoms with Crippen molar-refractivity contribution >= 4 is 24.8 Å². The number of hydrogen-bond donors (Lipinski definition) is 1. The lowest BCUT2D eigenvalue weighted by Crippen LogP contribution is -2.49. The normalized spacial score (nSPS) is 18.6. The summed E-state index contributed by atoms with van der Waals surface area (Å²) in [6.07, 6.45) is 5.24. The molecule has 1 aliphatic carbocycles. The summed E-state index contributed by atoms with van der Waals surface area (Å²) < 4.78 is 0. The molecule has 0 aromatic carbocycles. The fourth-order valence-electron chi connectivity index (χ4n) is 3.70. The van der Waals surface area contributed by atoms with Gasteiger partial charge in [-0.15, -0.1) is 24.8 Å². The Morgan fingerprint density at radius 3 is 2.29 bits per heavy atom. The van der Waals surface area contributed by atoms with Crippen molar-refractivity contribution in [3.05, 3.63) is 27.2 Å². The van der Waals surface area contributed by atoms with Gasteiger partial charge in [0.15, 0.2) is 0 Å². The third-order valence-corrected chi connectivity index (χ3v) is 5.18. The number of fused-ring (bicyclic) bond motifs is 1. The molecule has 2 aliphatic rings. The standard InChI is InChI=1S/C17H28N4O.2ClH/c1-13(2)21-11-9-20(10-12-21)8-7-16-14-5-3-4-6-15(14)17(22)19-18-16;;/h13H,3-12H2,1-2H3,(H,19,22);2*1H. The Morgan fingerprint density at radius 1 is 1.04 bits per heavy atom. The van der Waals surface area contributed by atoms with Gasteiger partial charge in [0.2, 0.25) is 0 Å². The molecule has 1 aromatic heterocycles. The minimum absolute atomic E-state index is 0. The van der Waals surface area contributed by atoms with E-state index in [1.54, 1.807) is 0 Å². The van der Waals surface area contributed by atoms with Crippen molar-refractivity contribution in [2.75, 3.05) is 32.7 Å². The second-order valence-electron chi connectivity index (χ2n) is 6.88. The van der Waals surface area contributed by atoms with Gasteiger partial charge < -0.3 is 4.90 Å². The zero-order valence-corrected chi connectivity index (χ0v) is 16.3. The van der Waals surface area contributed by atoms with Crippen molar-refractivity contribution in [1.82, 2.24) is 20.0 Å². The van der Waals surface area contributed by atoms with Gasteiger partial charge in [0.05, 0.1) is 5.69 Å². The lowest BCUT2D eigenvalue weighted by atomic mass is 9.91. The highest BCUT2D eigenvalue weighted by Gasteiger charge is 2.21. The van der Waals surface area contributed by atoms with Gasteiger partial charge in [0.1, 0.15) is 0 Å². The Morgan fingerprint density at radius 2 is 1.67 bits per heavy atom. The van der Waals surface area contributed by atoms with Crippen LogP contribution in [0.4, 0.5) is 0 Å².